The third-order valence-electron chi connectivity index (χ3n) is 19.8. The van der Waals surface area contributed by atoms with Crippen LogP contribution in [-0.2, 0) is 101 Å². The van der Waals surface area contributed by atoms with E-state index >= 15 is 0 Å². The van der Waals surface area contributed by atoms with Gasteiger partial charge in [-0.3, -0.25) is 106 Å². The van der Waals surface area contributed by atoms with Gasteiger partial charge in [-0.2, -0.15) is 0 Å². The van der Waals surface area contributed by atoms with Crippen LogP contribution in [0.5, 0.6) is 0 Å². The SMILES string of the molecule is CC[C@H](C)[C@H](NC(=O)[C@H](C)NC(=O)[C@H](CC(C)C)NC(=O)[C@H](CCC(N)=O)NC(=O)[C@H](CCCN=C(N)N)NC(=O)CNC(=O)[C@@H](NC(=O)[C@H](CCC(N)=O)NC(=O)CN)C(C)C)C(=O)N[C@H](C(=O)NCC(=O)N[C@@H](CC(=O)O)C(=O)N[C@@H](CC(=O)O)C(=O)N[C@@H](CC1CCCCC1)C(=O)N[C@@H](CC(N)=O)C(=O)N[C@@H](CCCN=C(N)N)C(=O)O)[C@@H](C)CC. The molecule has 0 radical (unpaired) electrons. The van der Waals surface area contributed by atoms with E-state index in [1.165, 1.54) is 6.92 Å². The molecule has 49 heteroatoms. The summed E-state index contributed by atoms with van der Waals surface area (Å²) < 4.78 is 0. The number of nitrogens with zero attached hydrogens (tertiary/aromatic N) is 2. The van der Waals surface area contributed by atoms with Gasteiger partial charge >= 0.3 is 17.9 Å². The first-order valence-electron chi connectivity index (χ1n) is 40.8. The Labute approximate surface area is 716 Å². The van der Waals surface area contributed by atoms with Gasteiger partial charge in [0.25, 0.3) is 0 Å². The van der Waals surface area contributed by atoms with Gasteiger partial charge in [0.1, 0.15) is 78.5 Å². The molecule has 1 aliphatic rings. The zero-order chi connectivity index (χ0) is 94.4. The van der Waals surface area contributed by atoms with E-state index in [2.05, 4.69) is 89.7 Å². The van der Waals surface area contributed by atoms with Gasteiger partial charge in [0.05, 0.1) is 38.9 Å². The first kappa shape index (κ1) is 109. The van der Waals surface area contributed by atoms with E-state index in [4.69, 9.17) is 45.9 Å². The number of carbonyl (C=O) groups excluding carboxylic acids is 18. The molecular formula is C75H129N25O24. The number of primary amides is 3. The second kappa shape index (κ2) is 56.9. The number of carbonyl (C=O) groups is 21. The van der Waals surface area contributed by atoms with Crippen molar-refractivity contribution in [1.29, 1.82) is 0 Å². The Morgan fingerprint density at radius 3 is 1.15 bits per heavy atom. The van der Waals surface area contributed by atoms with Crippen molar-refractivity contribution in [2.75, 3.05) is 32.7 Å². The molecule has 0 bridgehead atoms. The lowest BCUT2D eigenvalue weighted by atomic mass is 9.84. The maximum absolute atomic E-state index is 14.4. The molecule has 49 nitrogen and oxygen atoms in total. The third-order valence-corrected chi connectivity index (χ3v) is 19.8. The third kappa shape index (κ3) is 43.7. The van der Waals surface area contributed by atoms with Crippen LogP contribution in [0.2, 0.25) is 0 Å². The first-order valence-corrected chi connectivity index (χ1v) is 40.8. The van der Waals surface area contributed by atoms with E-state index in [9.17, 15) is 116 Å². The van der Waals surface area contributed by atoms with Gasteiger partial charge in [-0.1, -0.05) is 100 Å². The summed E-state index contributed by atoms with van der Waals surface area (Å²) in [6.07, 6.45) is -1.65. The minimum absolute atomic E-state index is 0.0225. The highest BCUT2D eigenvalue weighted by molar-refractivity contribution is 6.02. The lowest BCUT2D eigenvalue weighted by Crippen LogP contribution is -2.61. The number of rotatable bonds is 60. The quantitative estimate of drug-likeness (QED) is 0.0153. The summed E-state index contributed by atoms with van der Waals surface area (Å²) in [6, 6.07) is -21.0. The van der Waals surface area contributed by atoms with Crippen LogP contribution >= 0.6 is 0 Å². The molecule has 0 aliphatic heterocycles. The van der Waals surface area contributed by atoms with Gasteiger partial charge < -0.3 is 141 Å². The van der Waals surface area contributed by atoms with E-state index in [1.54, 1.807) is 55.4 Å². The number of aliphatic carboxylic acids is 3. The highest BCUT2D eigenvalue weighted by Crippen LogP contribution is 2.28. The number of carboxylic acid groups (broad SMARTS) is 3. The van der Waals surface area contributed by atoms with Crippen molar-refractivity contribution in [2.24, 2.45) is 85.4 Å². The summed E-state index contributed by atoms with van der Waals surface area (Å²) in [4.78, 5) is 287. The summed E-state index contributed by atoms with van der Waals surface area (Å²) in [5, 5.41) is 65.4. The van der Waals surface area contributed by atoms with E-state index in [-0.39, 0.29) is 101 Å². The average molecular weight is 1770 g/mol. The standard InChI is InChI=1S/C75H129N25O24/c1-10-37(7)59(71(121)87-34-55(106)91-48(30-56(107)108)68(118)97-49(31-57(109)110)69(119)95-46(28-40-17-13-12-14-18-40)66(116)96-47(29-52(79)103)67(117)93-44(73(123)124)20-16-26-85-75(82)83)100-72(122)60(38(8)11-2)99-61(111)39(9)88-65(115)45(27-35(3)4)94-63(113)43(22-24-51(78)102)92-62(112)41(19-15-25-84-74(80)81)90-54(105)33-86-70(120)58(36(5)6)98-64(114)42(21-23-50(77)101)89-53(104)32-76/h35-49,58-60H,10-34,76H2,1-9H3,(H2,77,101)(H2,78,102)(H2,79,103)(H,86,120)(H,87,121)(H,88,115)(H,89,104)(H,90,105)(H,91,106)(H,92,112)(H,93,117)(H,94,113)(H,95,119)(H,96,116)(H,97,118)(H,98,114)(H,99,111)(H,100,122)(H,107,108)(H,109,110)(H,123,124)(H4,80,81,84)(H4,82,83,85)/t37-,38-,39-,41-,42-,43-,44-,45-,46-,47-,48-,49-,58-,59-,60-/m0/s1. The minimum Gasteiger partial charge on any atom is -0.481 e. The monoisotopic (exact) mass is 1760 g/mol. The van der Waals surface area contributed by atoms with Crippen molar-refractivity contribution >= 4 is 136 Å². The smallest absolute Gasteiger partial charge is 0.326 e. The fraction of sp³-hybridized carbons (Fsp3) is 0.693. The van der Waals surface area contributed by atoms with Crippen LogP contribution < -0.4 is 126 Å². The van der Waals surface area contributed by atoms with Crippen molar-refractivity contribution < 1.29 is 116 Å². The fourth-order valence-corrected chi connectivity index (χ4v) is 12.5. The van der Waals surface area contributed by atoms with Gasteiger partial charge in [-0.15, -0.1) is 0 Å². The zero-order valence-corrected chi connectivity index (χ0v) is 71.5. The molecule has 698 valence electrons. The largest absolute Gasteiger partial charge is 0.481 e. The molecule has 18 amide bonds. The number of aliphatic imine (C=N–C) groups is 2. The van der Waals surface area contributed by atoms with Gasteiger partial charge in [-0.25, -0.2) is 4.79 Å². The molecule has 15 atom stereocenters. The summed E-state index contributed by atoms with van der Waals surface area (Å²) in [5.74, 6) is -26.7. The van der Waals surface area contributed by atoms with Crippen molar-refractivity contribution in [1.82, 2.24) is 79.8 Å². The van der Waals surface area contributed by atoms with Gasteiger partial charge in [-0.05, 0) is 87.9 Å². The molecule has 1 fully saturated rings. The molecule has 1 rings (SSSR count). The Morgan fingerprint density at radius 2 is 0.718 bits per heavy atom. The Kier molecular flexibility index (Phi) is 50.2. The predicted octanol–water partition coefficient (Wildman–Crippen LogP) is -9.19. The van der Waals surface area contributed by atoms with Crippen LogP contribution in [0, 0.1) is 29.6 Å². The van der Waals surface area contributed by atoms with Crippen molar-refractivity contribution in [2.45, 2.75) is 269 Å². The maximum atomic E-state index is 14.4. The van der Waals surface area contributed by atoms with Crippen LogP contribution in [0.25, 0.3) is 0 Å². The molecule has 0 spiro atoms. The highest BCUT2D eigenvalue weighted by Gasteiger charge is 2.40. The number of nitrogens with one attached hydrogen (secondary N) is 15. The zero-order valence-electron chi connectivity index (χ0n) is 71.5. The predicted molar refractivity (Wildman–Crippen MR) is 443 cm³/mol. The molecule has 1 aliphatic carbocycles. The van der Waals surface area contributed by atoms with Crippen LogP contribution in [0.15, 0.2) is 9.98 Å². The first-order chi connectivity index (χ1) is 58.0. The number of hydrogen-bond acceptors (Lipinski definition) is 24. The normalized spacial score (nSPS) is 15.5. The molecule has 1 saturated carbocycles. The summed E-state index contributed by atoms with van der Waals surface area (Å²) >= 11 is 0. The van der Waals surface area contributed by atoms with Crippen molar-refractivity contribution in [3.8, 4) is 0 Å². The van der Waals surface area contributed by atoms with E-state index in [1.807, 2.05) is 0 Å². The number of hydrogen-bond donors (Lipinski definition) is 26. The fourth-order valence-electron chi connectivity index (χ4n) is 12.5. The van der Waals surface area contributed by atoms with Crippen LogP contribution in [0.4, 0.5) is 0 Å². The molecular weight excluding hydrogens is 1630 g/mol. The molecule has 34 N–H and O–H groups in total. The Hall–Kier alpha value is -12.6. The number of carboxylic acids is 3. The second-order valence-electron chi connectivity index (χ2n) is 31.1. The minimum atomic E-state index is -2.11. The van der Waals surface area contributed by atoms with Gasteiger partial charge in [0.2, 0.25) is 106 Å². The molecule has 0 heterocycles. The molecule has 0 aromatic carbocycles. The van der Waals surface area contributed by atoms with Crippen LogP contribution in [0.3, 0.4) is 0 Å². The highest BCUT2D eigenvalue weighted by atomic mass is 16.4. The summed E-state index contributed by atoms with van der Waals surface area (Å²) in [7, 11) is 0. The van der Waals surface area contributed by atoms with E-state index in [0.29, 0.717) is 25.7 Å². The van der Waals surface area contributed by atoms with Crippen molar-refractivity contribution in [3.63, 3.8) is 0 Å². The lowest BCUT2D eigenvalue weighted by Gasteiger charge is -2.30. The Balaban J connectivity index is 3.48. The van der Waals surface area contributed by atoms with Crippen LogP contribution in [-0.4, -0.2) is 263 Å². The molecule has 0 aromatic heterocycles. The van der Waals surface area contributed by atoms with E-state index < -0.39 is 272 Å². The van der Waals surface area contributed by atoms with Gasteiger partial charge in [0, 0.05) is 25.9 Å². The number of nitrogens with two attached hydrogens (primary N) is 8. The summed E-state index contributed by atoms with van der Waals surface area (Å²) in [5.41, 5.74) is 43.1. The van der Waals surface area contributed by atoms with E-state index in [0.717, 1.165) is 6.42 Å². The molecule has 0 saturated heterocycles. The topological polar surface area (TPSA) is 832 Å². The maximum Gasteiger partial charge on any atom is 0.326 e. The van der Waals surface area contributed by atoms with Crippen molar-refractivity contribution in [3.05, 3.63) is 0 Å². The van der Waals surface area contributed by atoms with Crippen LogP contribution in [0.1, 0.15) is 191 Å². The van der Waals surface area contributed by atoms with Gasteiger partial charge in [0.15, 0.2) is 11.9 Å². The Morgan fingerprint density at radius 1 is 0.363 bits per heavy atom. The Bertz CT molecular complexity index is 3780. The molecule has 0 aromatic rings. The average Bonchev–Trinajstić information content (AvgIpc) is 0.847. The molecule has 124 heavy (non-hydrogen) atoms. The second-order valence-corrected chi connectivity index (χ2v) is 31.1. The number of amides is 18. The summed E-state index contributed by atoms with van der Waals surface area (Å²) in [6.45, 7) is 11.8. The lowest BCUT2D eigenvalue weighted by molar-refractivity contribution is -0.143. The number of guanidine groups is 2. The molecule has 0 unspecified atom stereocenters.